The molecular weight excluding hydrogens is 824 g/mol. The van der Waals surface area contributed by atoms with E-state index >= 15 is 0 Å². The van der Waals surface area contributed by atoms with Crippen molar-refractivity contribution in [3.8, 4) is 11.5 Å². The number of carbonyl (C=O) groups excluding carboxylic acids is 8. The number of amides is 2. The van der Waals surface area contributed by atoms with Gasteiger partial charge in [0.05, 0.1) is 46.3 Å². The Labute approximate surface area is 353 Å². The number of hydrogen-bond acceptors (Lipinski definition) is 19. The summed E-state index contributed by atoms with van der Waals surface area (Å²) in [6, 6.07) is 10.2. The van der Waals surface area contributed by atoms with Gasteiger partial charge in [0.1, 0.15) is 35.9 Å². The fourth-order valence-electron chi connectivity index (χ4n) is 6.47. The summed E-state index contributed by atoms with van der Waals surface area (Å²) in [7, 11) is 2.49. The van der Waals surface area contributed by atoms with Gasteiger partial charge in [0.2, 0.25) is 11.8 Å². The van der Waals surface area contributed by atoms with E-state index in [1.165, 1.54) is 32.2 Å². The Balaban J connectivity index is 1.71. The van der Waals surface area contributed by atoms with Crippen molar-refractivity contribution in [2.45, 2.75) is 90.3 Å². The van der Waals surface area contributed by atoms with Gasteiger partial charge in [-0.2, -0.15) is 0 Å². The zero-order chi connectivity index (χ0) is 45.7. The summed E-state index contributed by atoms with van der Waals surface area (Å²) in [6.45, 7) is 3.50. The van der Waals surface area contributed by atoms with Gasteiger partial charge in [-0.3, -0.25) is 33.6 Å². The summed E-state index contributed by atoms with van der Waals surface area (Å²) in [5.41, 5.74) is -0.0704. The molecule has 21 heteroatoms. The van der Waals surface area contributed by atoms with Gasteiger partial charge in [0, 0.05) is 52.1 Å². The molecule has 4 unspecified atom stereocenters. The number of nitrogens with one attached hydrogen (secondary N) is 2. The van der Waals surface area contributed by atoms with Crippen molar-refractivity contribution in [1.29, 1.82) is 0 Å². The van der Waals surface area contributed by atoms with Gasteiger partial charge in [0.15, 0.2) is 12.2 Å². The summed E-state index contributed by atoms with van der Waals surface area (Å²) in [4.78, 5) is 114. The van der Waals surface area contributed by atoms with Crippen molar-refractivity contribution in [2.24, 2.45) is 0 Å². The Morgan fingerprint density at radius 3 is 2.08 bits per heavy atom. The lowest BCUT2D eigenvalue weighted by Gasteiger charge is -2.48. The van der Waals surface area contributed by atoms with Crippen LogP contribution in [0.4, 0.5) is 0 Å². The molecule has 0 bridgehead atoms. The summed E-state index contributed by atoms with van der Waals surface area (Å²) >= 11 is 0. The van der Waals surface area contributed by atoms with Crippen molar-refractivity contribution >= 4 is 58.6 Å². The lowest BCUT2D eigenvalue weighted by atomic mass is 9.88. The van der Waals surface area contributed by atoms with Gasteiger partial charge in [-0.15, -0.1) is 0 Å². The van der Waals surface area contributed by atoms with Crippen LogP contribution < -0.4 is 25.7 Å². The summed E-state index contributed by atoms with van der Waals surface area (Å²) < 4.78 is 54.8. The maximum Gasteiger partial charge on any atom is 0.366 e. The number of hydrogen-bond donors (Lipinski definition) is 2. The molecule has 1 aromatic heterocycles. The number of methoxy groups -OCH3 is 2. The topological polar surface area (TPSA) is 274 Å². The molecule has 0 aliphatic carbocycles. The standard InChI is InChI=1S/C41H46N2O19/c1-21(44)55-20-33(59-24(4)47)38(60-25(5)48)39-37(32(58-23(3)46)17-41(62-39,40(52)54-7)56-19-26-8-10-28(53-6)11-9-26)43-35(50)18-42-34(49)14-27-15-36(51)61-31-16-29(57-22(2)45)12-13-30(27)31/h8-13,15-16,32-33,37-39H,14,17-20H2,1-7H3,(H,42,49)(H,43,50)/t32?,33-,37?,38-,39?,41?/m1/s1. The van der Waals surface area contributed by atoms with Crippen molar-refractivity contribution in [2.75, 3.05) is 27.4 Å². The molecule has 334 valence electrons. The maximum absolute atomic E-state index is 13.7. The van der Waals surface area contributed by atoms with Crippen molar-refractivity contribution in [3.63, 3.8) is 0 Å². The van der Waals surface area contributed by atoms with Crippen LogP contribution >= 0.6 is 0 Å². The molecule has 1 saturated heterocycles. The fraction of sp³-hybridized carbons (Fsp3) is 0.439. The minimum Gasteiger partial charge on any atom is -0.497 e. The molecule has 1 fully saturated rings. The van der Waals surface area contributed by atoms with E-state index in [1.807, 2.05) is 0 Å². The average Bonchev–Trinajstić information content (AvgIpc) is 3.19. The third-order valence-electron chi connectivity index (χ3n) is 8.94. The summed E-state index contributed by atoms with van der Waals surface area (Å²) in [5, 5.41) is 5.35. The average molecular weight is 871 g/mol. The zero-order valence-corrected chi connectivity index (χ0v) is 34.8. The molecule has 6 atom stereocenters. The predicted octanol–water partition coefficient (Wildman–Crippen LogP) is 1.10. The van der Waals surface area contributed by atoms with Crippen LogP contribution in [0.5, 0.6) is 11.5 Å². The third kappa shape index (κ3) is 13.3. The zero-order valence-electron chi connectivity index (χ0n) is 34.8. The van der Waals surface area contributed by atoms with Crippen LogP contribution in [0.1, 0.15) is 52.2 Å². The highest BCUT2D eigenvalue weighted by molar-refractivity contribution is 5.90. The van der Waals surface area contributed by atoms with E-state index in [1.54, 1.807) is 24.3 Å². The number of benzene rings is 2. The van der Waals surface area contributed by atoms with Gasteiger partial charge in [0.25, 0.3) is 5.79 Å². The first-order valence-corrected chi connectivity index (χ1v) is 18.8. The van der Waals surface area contributed by atoms with Gasteiger partial charge in [-0.05, 0) is 35.4 Å². The Morgan fingerprint density at radius 1 is 0.806 bits per heavy atom. The highest BCUT2D eigenvalue weighted by Crippen LogP contribution is 2.38. The molecule has 0 spiro atoms. The van der Waals surface area contributed by atoms with Gasteiger partial charge >= 0.3 is 41.4 Å². The summed E-state index contributed by atoms with van der Waals surface area (Å²) in [6.07, 6.45) is -7.95. The monoisotopic (exact) mass is 870 g/mol. The second-order valence-corrected chi connectivity index (χ2v) is 13.7. The molecule has 2 amide bonds. The lowest BCUT2D eigenvalue weighted by molar-refractivity contribution is -0.317. The van der Waals surface area contributed by atoms with E-state index in [0.29, 0.717) is 16.7 Å². The van der Waals surface area contributed by atoms with E-state index in [2.05, 4.69) is 10.6 Å². The molecule has 3 aromatic rings. The minimum absolute atomic E-state index is 0.0238. The second-order valence-electron chi connectivity index (χ2n) is 13.7. The first-order valence-electron chi connectivity index (χ1n) is 18.8. The number of carbonyl (C=O) groups is 8. The quantitative estimate of drug-likeness (QED) is 0.0784. The molecule has 2 heterocycles. The molecule has 21 nitrogen and oxygen atoms in total. The first kappa shape index (κ1) is 47.8. The highest BCUT2D eigenvalue weighted by atomic mass is 16.7. The molecule has 1 aliphatic heterocycles. The second kappa shape index (κ2) is 21.6. The van der Waals surface area contributed by atoms with Crippen LogP contribution in [0, 0.1) is 0 Å². The number of fused-ring (bicyclic) bond motifs is 1. The normalized spacial score (nSPS) is 19.1. The number of rotatable bonds is 18. The Bertz CT molecular complexity index is 2220. The van der Waals surface area contributed by atoms with E-state index in [4.69, 9.17) is 47.0 Å². The van der Waals surface area contributed by atoms with Crippen molar-refractivity contribution in [3.05, 3.63) is 70.1 Å². The molecule has 1 aliphatic rings. The molecule has 2 N–H and O–H groups in total. The third-order valence-corrected chi connectivity index (χ3v) is 8.94. The molecule has 4 rings (SSSR count). The smallest absolute Gasteiger partial charge is 0.366 e. The Morgan fingerprint density at radius 2 is 1.48 bits per heavy atom. The maximum atomic E-state index is 13.7. The Hall–Kier alpha value is -6.87. The largest absolute Gasteiger partial charge is 0.497 e. The summed E-state index contributed by atoms with van der Waals surface area (Å²) in [5.74, 6) is -8.95. The highest BCUT2D eigenvalue weighted by Gasteiger charge is 2.59. The molecule has 0 saturated carbocycles. The molecule has 0 radical (unpaired) electrons. The SMILES string of the molecule is COC(=O)C1(OCc2ccc(OC)cc2)CC(OC(C)=O)C(NC(=O)CNC(=O)Cc2cc(=O)oc3cc(OC(C)=O)ccc23)C([C@H](OC(C)=O)[C@@H](COC(C)=O)OC(C)=O)O1. The van der Waals surface area contributed by atoms with Gasteiger partial charge in [-0.25, -0.2) is 9.59 Å². The molecule has 2 aromatic carbocycles. The number of ether oxygens (including phenoxy) is 9. The number of esters is 6. The van der Waals surface area contributed by atoms with Crippen molar-refractivity contribution < 1.29 is 85.4 Å². The molecular formula is C41H46N2O19. The minimum atomic E-state index is -2.47. The van der Waals surface area contributed by atoms with Gasteiger partial charge in [-0.1, -0.05) is 12.1 Å². The van der Waals surface area contributed by atoms with E-state index < -0.39 is 115 Å². The van der Waals surface area contributed by atoms with Crippen LogP contribution in [-0.4, -0.2) is 111 Å². The first-order chi connectivity index (χ1) is 29.3. The lowest BCUT2D eigenvalue weighted by Crippen LogP contribution is -2.69. The van der Waals surface area contributed by atoms with E-state index in [0.717, 1.165) is 40.9 Å². The molecule has 62 heavy (non-hydrogen) atoms. The van der Waals surface area contributed by atoms with Crippen LogP contribution in [0.2, 0.25) is 0 Å². The van der Waals surface area contributed by atoms with E-state index in [-0.39, 0.29) is 23.5 Å². The van der Waals surface area contributed by atoms with Crippen LogP contribution in [0.3, 0.4) is 0 Å². The van der Waals surface area contributed by atoms with Crippen LogP contribution in [0.15, 0.2) is 57.7 Å². The van der Waals surface area contributed by atoms with Gasteiger partial charge < -0.3 is 57.7 Å². The van der Waals surface area contributed by atoms with E-state index in [9.17, 15) is 43.2 Å². The van der Waals surface area contributed by atoms with Crippen LogP contribution in [0.25, 0.3) is 11.0 Å². The van der Waals surface area contributed by atoms with Crippen molar-refractivity contribution in [1.82, 2.24) is 10.6 Å². The predicted molar refractivity (Wildman–Crippen MR) is 208 cm³/mol. The fourth-order valence-corrected chi connectivity index (χ4v) is 6.47. The Kier molecular flexibility index (Phi) is 16.6. The van der Waals surface area contributed by atoms with Crippen LogP contribution in [-0.2, 0) is 84.5 Å².